The Kier molecular flexibility index (Phi) is 6.46. The molecule has 1 aromatic heterocycles. The Morgan fingerprint density at radius 2 is 1.94 bits per heavy atom. The van der Waals surface area contributed by atoms with Crippen molar-refractivity contribution < 1.29 is 36.3 Å². The molecule has 0 aliphatic heterocycles. The quantitative estimate of drug-likeness (QED) is 0.299. The number of nitro benzene ring substituents is 1. The molecule has 3 rings (SSSR count). The number of nitrogens with zero attached hydrogens (tertiary/aromatic N) is 3. The molecule has 0 saturated heterocycles. The Hall–Kier alpha value is -3.90. The van der Waals surface area contributed by atoms with Crippen LogP contribution in [-0.4, -0.2) is 21.1 Å². The van der Waals surface area contributed by atoms with Gasteiger partial charge in [0.05, 0.1) is 10.6 Å². The monoisotopic (exact) mass is 458 g/mol. The molecule has 0 fully saturated rings. The van der Waals surface area contributed by atoms with Crippen molar-refractivity contribution >= 4 is 11.4 Å². The summed E-state index contributed by atoms with van der Waals surface area (Å²) in [5, 5.41) is 17.7. The van der Waals surface area contributed by atoms with Crippen LogP contribution in [0.5, 0.6) is 11.5 Å². The summed E-state index contributed by atoms with van der Waals surface area (Å²) in [4.78, 5) is 10.4. The summed E-state index contributed by atoms with van der Waals surface area (Å²) in [7, 11) is 1.68. The van der Waals surface area contributed by atoms with Gasteiger partial charge >= 0.3 is 6.36 Å². The summed E-state index contributed by atoms with van der Waals surface area (Å²) in [6.07, 6.45) is -3.34. The Balaban J connectivity index is 1.79. The molecule has 8 nitrogen and oxygen atoms in total. The summed E-state index contributed by atoms with van der Waals surface area (Å²) in [6.45, 7) is -0.566. The van der Waals surface area contributed by atoms with Gasteiger partial charge < -0.3 is 14.8 Å². The standard InChI is InChI=1S/C19H15F5N4O4/c1-27-7-6-12(26-27)10-31-16-5-4-15(28(29)30)18(17(16)21)25-9-11-2-3-13(8-14(11)20)32-19(22,23)24/h2-8,25H,9-10H2,1H3. The number of aromatic nitrogens is 2. The van der Waals surface area contributed by atoms with Gasteiger partial charge in [-0.1, -0.05) is 6.07 Å². The molecule has 0 amide bonds. The number of nitrogens with one attached hydrogen (secondary N) is 1. The van der Waals surface area contributed by atoms with Crippen molar-refractivity contribution in [2.24, 2.45) is 7.05 Å². The topological polar surface area (TPSA) is 91.5 Å². The van der Waals surface area contributed by atoms with Crippen molar-refractivity contribution in [1.82, 2.24) is 9.78 Å². The Labute approximate surface area is 177 Å². The van der Waals surface area contributed by atoms with Gasteiger partial charge in [-0.25, -0.2) is 8.78 Å². The van der Waals surface area contributed by atoms with Gasteiger partial charge in [0.25, 0.3) is 5.69 Å². The van der Waals surface area contributed by atoms with Gasteiger partial charge in [-0.3, -0.25) is 14.8 Å². The lowest BCUT2D eigenvalue weighted by Crippen LogP contribution is -2.17. The molecule has 3 aromatic rings. The molecule has 2 aromatic carbocycles. The van der Waals surface area contributed by atoms with E-state index in [0.29, 0.717) is 11.8 Å². The molecule has 0 radical (unpaired) electrons. The average Bonchev–Trinajstić information content (AvgIpc) is 3.11. The van der Waals surface area contributed by atoms with E-state index in [2.05, 4.69) is 15.2 Å². The molecule has 13 heteroatoms. The fourth-order valence-electron chi connectivity index (χ4n) is 2.72. The van der Waals surface area contributed by atoms with Crippen LogP contribution in [0.15, 0.2) is 42.6 Å². The van der Waals surface area contributed by atoms with Crippen LogP contribution < -0.4 is 14.8 Å². The summed E-state index contributed by atoms with van der Waals surface area (Å²) < 4.78 is 76.2. The lowest BCUT2D eigenvalue weighted by molar-refractivity contribution is -0.384. The van der Waals surface area contributed by atoms with E-state index in [1.165, 1.54) is 4.68 Å². The average molecular weight is 458 g/mol. The van der Waals surface area contributed by atoms with Gasteiger partial charge in [-0.15, -0.1) is 13.2 Å². The summed E-state index contributed by atoms with van der Waals surface area (Å²) in [5.74, 6) is -3.25. The number of benzene rings is 2. The van der Waals surface area contributed by atoms with Gasteiger partial charge in [0.2, 0.25) is 0 Å². The van der Waals surface area contributed by atoms with Crippen LogP contribution in [0, 0.1) is 21.7 Å². The first-order chi connectivity index (χ1) is 15.0. The number of anilines is 1. The lowest BCUT2D eigenvalue weighted by atomic mass is 10.2. The maximum Gasteiger partial charge on any atom is 0.573 e. The van der Waals surface area contributed by atoms with E-state index in [1.807, 2.05) is 0 Å². The zero-order valence-corrected chi connectivity index (χ0v) is 16.3. The third kappa shape index (κ3) is 5.62. The van der Waals surface area contributed by atoms with Crippen molar-refractivity contribution in [2.75, 3.05) is 5.32 Å². The van der Waals surface area contributed by atoms with Gasteiger partial charge in [0.1, 0.15) is 18.2 Å². The molecule has 0 saturated carbocycles. The van der Waals surface area contributed by atoms with Gasteiger partial charge in [0, 0.05) is 37.5 Å². The number of hydrogen-bond donors (Lipinski definition) is 1. The van der Waals surface area contributed by atoms with Crippen molar-refractivity contribution in [3.05, 3.63) is 75.6 Å². The molecule has 0 atom stereocenters. The minimum atomic E-state index is -4.99. The number of nitro groups is 1. The van der Waals surface area contributed by atoms with E-state index in [1.54, 1.807) is 19.3 Å². The highest BCUT2D eigenvalue weighted by atomic mass is 19.4. The maximum absolute atomic E-state index is 14.9. The number of alkyl halides is 3. The predicted molar refractivity (Wildman–Crippen MR) is 101 cm³/mol. The van der Waals surface area contributed by atoms with E-state index in [9.17, 15) is 32.1 Å². The first-order valence-corrected chi connectivity index (χ1v) is 8.90. The molecule has 0 spiro atoms. The zero-order valence-electron chi connectivity index (χ0n) is 16.3. The highest BCUT2D eigenvalue weighted by Crippen LogP contribution is 2.34. The van der Waals surface area contributed by atoms with Crippen molar-refractivity contribution in [3.8, 4) is 11.5 Å². The van der Waals surface area contributed by atoms with E-state index in [-0.39, 0.29) is 17.9 Å². The van der Waals surface area contributed by atoms with Gasteiger partial charge in [-0.2, -0.15) is 5.10 Å². The first kappa shape index (κ1) is 22.8. The van der Waals surface area contributed by atoms with Crippen LogP contribution >= 0.6 is 0 Å². The number of rotatable bonds is 8. The maximum atomic E-state index is 14.9. The van der Waals surface area contributed by atoms with Crippen LogP contribution in [0.25, 0.3) is 0 Å². The minimum Gasteiger partial charge on any atom is -0.484 e. The van der Waals surface area contributed by atoms with E-state index in [0.717, 1.165) is 24.3 Å². The lowest BCUT2D eigenvalue weighted by Gasteiger charge is -2.13. The molecular weight excluding hydrogens is 443 g/mol. The molecule has 0 unspecified atom stereocenters. The van der Waals surface area contributed by atoms with Gasteiger partial charge in [0.15, 0.2) is 17.3 Å². The Morgan fingerprint density at radius 3 is 2.53 bits per heavy atom. The second-order valence-electron chi connectivity index (χ2n) is 6.45. The molecule has 170 valence electrons. The number of ether oxygens (including phenoxy) is 2. The smallest absolute Gasteiger partial charge is 0.484 e. The van der Waals surface area contributed by atoms with Crippen LogP contribution in [0.3, 0.4) is 0 Å². The first-order valence-electron chi connectivity index (χ1n) is 8.90. The molecule has 0 aliphatic carbocycles. The predicted octanol–water partition coefficient (Wildman–Crippen LogP) is 4.70. The summed E-state index contributed by atoms with van der Waals surface area (Å²) >= 11 is 0. The highest BCUT2D eigenvalue weighted by molar-refractivity contribution is 5.65. The molecule has 1 N–H and O–H groups in total. The second kappa shape index (κ2) is 9.08. The number of aryl methyl sites for hydroxylation is 1. The molecule has 32 heavy (non-hydrogen) atoms. The third-order valence-corrected chi connectivity index (χ3v) is 4.14. The van der Waals surface area contributed by atoms with Crippen molar-refractivity contribution in [3.63, 3.8) is 0 Å². The number of halogens is 5. The molecular formula is C19H15F5N4O4. The van der Waals surface area contributed by atoms with E-state index in [4.69, 9.17) is 4.74 Å². The normalized spacial score (nSPS) is 11.3. The Morgan fingerprint density at radius 1 is 1.19 bits per heavy atom. The van der Waals surface area contributed by atoms with E-state index < -0.39 is 46.6 Å². The van der Waals surface area contributed by atoms with E-state index >= 15 is 0 Å². The summed E-state index contributed by atoms with van der Waals surface area (Å²) in [5.41, 5.74) is -0.885. The largest absolute Gasteiger partial charge is 0.573 e. The van der Waals surface area contributed by atoms with Crippen LogP contribution in [0.1, 0.15) is 11.3 Å². The van der Waals surface area contributed by atoms with Crippen LogP contribution in [0.2, 0.25) is 0 Å². The fourth-order valence-corrected chi connectivity index (χ4v) is 2.72. The minimum absolute atomic E-state index is 0.107. The van der Waals surface area contributed by atoms with Crippen molar-refractivity contribution in [2.45, 2.75) is 19.5 Å². The Bertz CT molecular complexity index is 1130. The fraction of sp³-hybridized carbons (Fsp3) is 0.211. The summed E-state index contributed by atoms with van der Waals surface area (Å²) in [6, 6.07) is 6.07. The van der Waals surface area contributed by atoms with Crippen LogP contribution in [-0.2, 0) is 20.2 Å². The number of hydrogen-bond acceptors (Lipinski definition) is 6. The SMILES string of the molecule is Cn1ccc(COc2ccc([N+](=O)[O-])c(NCc3ccc(OC(F)(F)F)cc3F)c2F)n1. The third-order valence-electron chi connectivity index (χ3n) is 4.14. The van der Waals surface area contributed by atoms with Gasteiger partial charge in [-0.05, 0) is 18.2 Å². The highest BCUT2D eigenvalue weighted by Gasteiger charge is 2.31. The van der Waals surface area contributed by atoms with Crippen molar-refractivity contribution in [1.29, 1.82) is 0 Å². The molecule has 1 heterocycles. The zero-order chi connectivity index (χ0) is 23.5. The van der Waals surface area contributed by atoms with Crippen LogP contribution in [0.4, 0.5) is 33.3 Å². The second-order valence-corrected chi connectivity index (χ2v) is 6.45. The molecule has 0 aliphatic rings. The molecule has 0 bridgehead atoms.